The molecule has 2 aliphatic rings. The van der Waals surface area contributed by atoms with Gasteiger partial charge in [-0.05, 0) is 31.9 Å². The van der Waals surface area contributed by atoms with Crippen molar-refractivity contribution in [3.8, 4) is 5.69 Å². The first-order valence-electron chi connectivity index (χ1n) is 9.03. The first kappa shape index (κ1) is 17.7. The fourth-order valence-electron chi connectivity index (χ4n) is 3.72. The predicted octanol–water partition coefficient (Wildman–Crippen LogP) is 3.42. The van der Waals surface area contributed by atoms with Crippen molar-refractivity contribution in [3.63, 3.8) is 0 Å². The number of para-hydroxylation sites is 1. The van der Waals surface area contributed by atoms with Crippen molar-refractivity contribution in [2.24, 2.45) is 5.10 Å². The highest BCUT2D eigenvalue weighted by atomic mass is 35.5. The summed E-state index contributed by atoms with van der Waals surface area (Å²) in [6, 6.07) is 9.00. The summed E-state index contributed by atoms with van der Waals surface area (Å²) >= 11 is 6.47. The number of urea groups is 1. The van der Waals surface area contributed by atoms with Crippen LogP contribution in [0.4, 0.5) is 4.79 Å². The Morgan fingerprint density at radius 1 is 1.19 bits per heavy atom. The van der Waals surface area contributed by atoms with Gasteiger partial charge in [0.1, 0.15) is 10.7 Å². The zero-order valence-electron chi connectivity index (χ0n) is 15.0. The van der Waals surface area contributed by atoms with Gasteiger partial charge in [0.05, 0.1) is 23.2 Å². The number of carbonyl (C=O) groups excluding carboxylic acids is 2. The second kappa shape index (κ2) is 6.81. The number of halogens is 1. The lowest BCUT2D eigenvalue weighted by molar-refractivity contribution is -0.132. The molecule has 0 atom stereocenters. The molecule has 1 aliphatic heterocycles. The van der Waals surface area contributed by atoms with Crippen molar-refractivity contribution in [1.82, 2.24) is 20.1 Å². The number of rotatable bonds is 3. The minimum Gasteiger partial charge on any atom is -0.321 e. The van der Waals surface area contributed by atoms with Crippen molar-refractivity contribution < 1.29 is 9.59 Å². The lowest BCUT2D eigenvalue weighted by Crippen LogP contribution is -2.48. The van der Waals surface area contributed by atoms with Crippen LogP contribution >= 0.6 is 11.6 Å². The zero-order chi connectivity index (χ0) is 19.0. The lowest BCUT2D eigenvalue weighted by atomic mass is 9.82. The van der Waals surface area contributed by atoms with Crippen LogP contribution in [0.3, 0.4) is 0 Å². The van der Waals surface area contributed by atoms with Crippen molar-refractivity contribution in [2.45, 2.75) is 44.6 Å². The van der Waals surface area contributed by atoms with E-state index in [0.29, 0.717) is 29.3 Å². The second-order valence-corrected chi connectivity index (χ2v) is 7.33. The van der Waals surface area contributed by atoms with Gasteiger partial charge in [-0.3, -0.25) is 4.79 Å². The standard InChI is InChI=1S/C19H20ClN5O2/c1-13-15(16(20)24(23-13)14-8-4-2-5-9-14)12-21-25-17(26)19(22-18(25)27)10-6-3-7-11-19/h2,4-5,8-9,12H,3,6-7,10-11H2,1H3,(H,22,27). The molecule has 4 rings (SSSR count). The van der Waals surface area contributed by atoms with E-state index in [1.165, 1.54) is 6.21 Å². The molecule has 0 unspecified atom stereocenters. The van der Waals surface area contributed by atoms with Crippen molar-refractivity contribution in [3.05, 3.63) is 46.7 Å². The molecule has 2 aromatic rings. The molecule has 0 bridgehead atoms. The number of nitrogens with one attached hydrogen (secondary N) is 1. The van der Waals surface area contributed by atoms with E-state index >= 15 is 0 Å². The van der Waals surface area contributed by atoms with Crippen LogP contribution in [0.25, 0.3) is 5.69 Å². The van der Waals surface area contributed by atoms with Gasteiger partial charge in [0.2, 0.25) is 0 Å². The van der Waals surface area contributed by atoms with Crippen LogP contribution in [-0.2, 0) is 4.79 Å². The Labute approximate surface area is 162 Å². The van der Waals surface area contributed by atoms with E-state index < -0.39 is 11.6 Å². The highest BCUT2D eigenvalue weighted by Gasteiger charge is 2.51. The van der Waals surface area contributed by atoms with Crippen LogP contribution in [0, 0.1) is 6.92 Å². The first-order chi connectivity index (χ1) is 13.0. The molecule has 1 spiro atoms. The summed E-state index contributed by atoms with van der Waals surface area (Å²) in [5.74, 6) is -0.285. The second-order valence-electron chi connectivity index (χ2n) is 6.97. The summed E-state index contributed by atoms with van der Waals surface area (Å²) in [6.07, 6.45) is 5.70. The number of aromatic nitrogens is 2. The van der Waals surface area contributed by atoms with Crippen LogP contribution in [0.1, 0.15) is 43.4 Å². The number of amides is 3. The summed E-state index contributed by atoms with van der Waals surface area (Å²) in [5, 5.41) is 12.7. The Morgan fingerprint density at radius 2 is 1.89 bits per heavy atom. The molecule has 3 amide bonds. The third kappa shape index (κ3) is 3.02. The van der Waals surface area contributed by atoms with Crippen molar-refractivity contribution >= 4 is 29.8 Å². The zero-order valence-corrected chi connectivity index (χ0v) is 15.7. The van der Waals surface area contributed by atoms with Crippen LogP contribution in [-0.4, -0.2) is 38.5 Å². The van der Waals surface area contributed by atoms with Gasteiger partial charge in [0.25, 0.3) is 5.91 Å². The molecule has 1 aromatic heterocycles. The minimum atomic E-state index is -0.792. The van der Waals surface area contributed by atoms with Crippen molar-refractivity contribution in [2.75, 3.05) is 0 Å². The highest BCUT2D eigenvalue weighted by Crippen LogP contribution is 2.33. The van der Waals surface area contributed by atoms with Crippen molar-refractivity contribution in [1.29, 1.82) is 0 Å². The van der Waals surface area contributed by atoms with Gasteiger partial charge in [0.15, 0.2) is 0 Å². The number of imide groups is 1. The maximum atomic E-state index is 12.8. The molecular formula is C19H20ClN5O2. The molecule has 1 aromatic carbocycles. The Bertz CT molecular complexity index is 916. The lowest BCUT2D eigenvalue weighted by Gasteiger charge is -2.29. The Morgan fingerprint density at radius 3 is 2.59 bits per heavy atom. The molecule has 2 fully saturated rings. The highest BCUT2D eigenvalue weighted by molar-refractivity contribution is 6.32. The topological polar surface area (TPSA) is 79.6 Å². The number of hydrogen-bond acceptors (Lipinski definition) is 4. The third-order valence-corrected chi connectivity index (χ3v) is 5.56. The molecule has 8 heteroatoms. The van der Waals surface area contributed by atoms with Crippen LogP contribution in [0.5, 0.6) is 0 Å². The largest absolute Gasteiger partial charge is 0.346 e. The average Bonchev–Trinajstić information content (AvgIpc) is 3.08. The average molecular weight is 386 g/mol. The van der Waals surface area contributed by atoms with Gasteiger partial charge < -0.3 is 5.32 Å². The van der Waals surface area contributed by atoms with Crippen LogP contribution in [0.2, 0.25) is 5.15 Å². The number of hydrazone groups is 1. The van der Waals surface area contributed by atoms with Gasteiger partial charge in [-0.25, -0.2) is 9.48 Å². The Kier molecular flexibility index (Phi) is 4.47. The fourth-order valence-corrected chi connectivity index (χ4v) is 4.04. The SMILES string of the molecule is Cc1nn(-c2ccccc2)c(Cl)c1C=NN1C(=O)NC2(CCCCC2)C1=O. The summed E-state index contributed by atoms with van der Waals surface area (Å²) in [5.41, 5.74) is 1.26. The van der Waals surface area contributed by atoms with E-state index in [2.05, 4.69) is 15.5 Å². The molecule has 1 N–H and O–H groups in total. The van der Waals surface area contributed by atoms with Crippen LogP contribution < -0.4 is 5.32 Å². The molecule has 2 heterocycles. The maximum Gasteiger partial charge on any atom is 0.346 e. The summed E-state index contributed by atoms with van der Waals surface area (Å²) in [7, 11) is 0. The fraction of sp³-hybridized carbons (Fsp3) is 0.368. The summed E-state index contributed by atoms with van der Waals surface area (Å²) in [6.45, 7) is 1.81. The molecule has 7 nitrogen and oxygen atoms in total. The van der Waals surface area contributed by atoms with E-state index in [1.54, 1.807) is 11.6 Å². The molecule has 1 saturated heterocycles. The molecule has 1 aliphatic carbocycles. The molecule has 27 heavy (non-hydrogen) atoms. The minimum absolute atomic E-state index is 0.285. The predicted molar refractivity (Wildman–Crippen MR) is 102 cm³/mol. The normalized spacial score (nSPS) is 19.3. The van der Waals surface area contributed by atoms with Gasteiger partial charge in [-0.1, -0.05) is 49.1 Å². The van der Waals surface area contributed by atoms with E-state index in [0.717, 1.165) is 30.0 Å². The first-order valence-corrected chi connectivity index (χ1v) is 9.41. The number of benzene rings is 1. The number of hydrogen-bond donors (Lipinski definition) is 1. The molecule has 0 radical (unpaired) electrons. The van der Waals surface area contributed by atoms with E-state index in [1.807, 2.05) is 30.3 Å². The quantitative estimate of drug-likeness (QED) is 0.649. The van der Waals surface area contributed by atoms with E-state index in [-0.39, 0.29) is 5.91 Å². The number of carbonyl (C=O) groups is 2. The Balaban J connectivity index is 1.61. The molecule has 1 saturated carbocycles. The summed E-state index contributed by atoms with van der Waals surface area (Å²) in [4.78, 5) is 25.1. The van der Waals surface area contributed by atoms with E-state index in [4.69, 9.17) is 11.6 Å². The Hall–Kier alpha value is -2.67. The number of nitrogens with zero attached hydrogens (tertiary/aromatic N) is 4. The van der Waals surface area contributed by atoms with Gasteiger partial charge in [-0.15, -0.1) is 5.01 Å². The molecular weight excluding hydrogens is 366 g/mol. The van der Waals surface area contributed by atoms with Gasteiger partial charge in [-0.2, -0.15) is 10.2 Å². The number of aryl methyl sites for hydroxylation is 1. The maximum absolute atomic E-state index is 12.8. The summed E-state index contributed by atoms with van der Waals surface area (Å²) < 4.78 is 1.60. The van der Waals surface area contributed by atoms with E-state index in [9.17, 15) is 9.59 Å². The van der Waals surface area contributed by atoms with Crippen LogP contribution in [0.15, 0.2) is 35.4 Å². The smallest absolute Gasteiger partial charge is 0.321 e. The third-order valence-electron chi connectivity index (χ3n) is 5.20. The molecule has 140 valence electrons. The van der Waals surface area contributed by atoms with Gasteiger partial charge >= 0.3 is 6.03 Å². The van der Waals surface area contributed by atoms with Gasteiger partial charge in [0, 0.05) is 0 Å². The monoisotopic (exact) mass is 385 g/mol.